The minimum Gasteiger partial charge on any atom is -0.399 e. The van der Waals surface area contributed by atoms with Crippen LogP contribution < -0.4 is 11.5 Å². The van der Waals surface area contributed by atoms with E-state index in [0.717, 1.165) is 4.90 Å². The van der Waals surface area contributed by atoms with Gasteiger partial charge in [0.1, 0.15) is 11.7 Å². The maximum absolute atomic E-state index is 14.4. The molecule has 0 saturated carbocycles. The molecule has 0 radical (unpaired) electrons. The van der Waals surface area contributed by atoms with Gasteiger partial charge in [-0.15, -0.1) is 6.58 Å². The third kappa shape index (κ3) is 3.46. The number of alkyl halides is 1. The maximum Gasteiger partial charge on any atom is 0.321 e. The van der Waals surface area contributed by atoms with Gasteiger partial charge in [-0.25, -0.2) is 9.18 Å². The molecule has 22 heavy (non-hydrogen) atoms. The number of nitrogens with zero attached hydrogens (tertiary/aromatic N) is 1. The largest absolute Gasteiger partial charge is 0.399 e. The second-order valence-electron chi connectivity index (χ2n) is 4.96. The summed E-state index contributed by atoms with van der Waals surface area (Å²) in [6, 6.07) is -0.979. The van der Waals surface area contributed by atoms with Gasteiger partial charge in [0.15, 0.2) is 12.4 Å². The number of nitrogens with two attached hydrogens (primary N) is 2. The highest BCUT2D eigenvalue weighted by molar-refractivity contribution is 5.73. The number of aliphatic hydroxyl groups excluding tert-OH is 2. The molecule has 8 heteroatoms. The van der Waals surface area contributed by atoms with Crippen LogP contribution in [0.25, 0.3) is 0 Å². The Kier molecular flexibility index (Phi) is 6.10. The van der Waals surface area contributed by atoms with E-state index in [1.165, 1.54) is 18.4 Å². The number of rotatable bonds is 6. The van der Waals surface area contributed by atoms with Crippen LogP contribution in [0.5, 0.6) is 0 Å². The number of amides is 2. The molecule has 2 amide bonds. The Morgan fingerprint density at radius 1 is 1.55 bits per heavy atom. The monoisotopic (exact) mass is 315 g/mol. The average molecular weight is 315 g/mol. The fraction of sp³-hybridized carbons (Fsp3) is 0.500. The van der Waals surface area contributed by atoms with Gasteiger partial charge in [0, 0.05) is 11.9 Å². The minimum absolute atomic E-state index is 0.00883. The molecule has 1 saturated heterocycles. The molecule has 1 heterocycles. The summed E-state index contributed by atoms with van der Waals surface area (Å²) < 4.78 is 19.8. The van der Waals surface area contributed by atoms with Crippen molar-refractivity contribution in [1.82, 2.24) is 4.90 Å². The zero-order chi connectivity index (χ0) is 16.9. The third-order valence-electron chi connectivity index (χ3n) is 3.52. The van der Waals surface area contributed by atoms with Crippen LogP contribution in [0.2, 0.25) is 0 Å². The van der Waals surface area contributed by atoms with Gasteiger partial charge in [-0.2, -0.15) is 0 Å². The summed E-state index contributed by atoms with van der Waals surface area (Å²) in [5.41, 5.74) is 9.55. The van der Waals surface area contributed by atoms with E-state index in [-0.39, 0.29) is 6.42 Å². The lowest BCUT2D eigenvalue weighted by Crippen LogP contribution is -2.45. The van der Waals surface area contributed by atoms with Crippen LogP contribution in [-0.2, 0) is 4.74 Å². The summed E-state index contributed by atoms with van der Waals surface area (Å²) in [7, 11) is 0. The molecule has 1 fully saturated rings. The highest BCUT2D eigenvalue weighted by atomic mass is 19.1. The minimum atomic E-state index is -1.95. The van der Waals surface area contributed by atoms with E-state index in [1.54, 1.807) is 13.0 Å². The molecule has 1 aliphatic rings. The van der Waals surface area contributed by atoms with Crippen molar-refractivity contribution in [2.45, 2.75) is 37.4 Å². The van der Waals surface area contributed by atoms with Gasteiger partial charge in [0.2, 0.25) is 0 Å². The van der Waals surface area contributed by atoms with Crippen molar-refractivity contribution in [3.05, 3.63) is 36.7 Å². The molecular formula is C14H22FN3O4. The second kappa shape index (κ2) is 7.39. The molecule has 124 valence electrons. The van der Waals surface area contributed by atoms with Gasteiger partial charge in [0.25, 0.3) is 0 Å². The van der Waals surface area contributed by atoms with E-state index in [1.807, 2.05) is 0 Å². The molecule has 0 aromatic rings. The van der Waals surface area contributed by atoms with Crippen molar-refractivity contribution in [3.63, 3.8) is 0 Å². The number of urea groups is 1. The molecule has 1 rings (SSSR count). The number of ether oxygens (including phenoxy) is 1. The Bertz CT molecular complexity index is 483. The number of carbonyl (C=O) groups is 1. The van der Waals surface area contributed by atoms with Crippen LogP contribution in [0.1, 0.15) is 13.3 Å². The first-order chi connectivity index (χ1) is 10.3. The summed E-state index contributed by atoms with van der Waals surface area (Å²) >= 11 is 0. The zero-order valence-corrected chi connectivity index (χ0v) is 12.4. The number of allylic oxidation sites excluding steroid dienone is 2. The first-order valence-electron chi connectivity index (χ1n) is 6.72. The van der Waals surface area contributed by atoms with Crippen molar-refractivity contribution < 1.29 is 24.1 Å². The lowest BCUT2D eigenvalue weighted by Gasteiger charge is -2.29. The molecule has 6 N–H and O–H groups in total. The van der Waals surface area contributed by atoms with Gasteiger partial charge >= 0.3 is 6.03 Å². The average Bonchev–Trinajstić information content (AvgIpc) is 2.73. The van der Waals surface area contributed by atoms with E-state index in [2.05, 4.69) is 6.58 Å². The molecule has 0 spiro atoms. The fourth-order valence-corrected chi connectivity index (χ4v) is 2.19. The summed E-state index contributed by atoms with van der Waals surface area (Å²) in [6.45, 7) is 4.53. The standard InChI is InChI=1S/C14H22FN3O4/c1-3-6-14(8-19)11(20)10(15)12(22-14)18(13(17)21)7-5-9(16)4-2/h3-5,7,10-12,19-20H,1,6,8,16H2,2H3,(H2,17,21)/b7-5-,9-4+/t10-,11+,12-,14-/m1/s1. The summed E-state index contributed by atoms with van der Waals surface area (Å²) in [5.74, 6) is 0. The summed E-state index contributed by atoms with van der Waals surface area (Å²) in [6.07, 6.45) is 0.434. The van der Waals surface area contributed by atoms with Crippen LogP contribution in [0, 0.1) is 0 Å². The molecule has 7 nitrogen and oxygen atoms in total. The molecule has 0 unspecified atom stereocenters. The Hall–Kier alpha value is -1.90. The number of aliphatic hydroxyl groups is 2. The third-order valence-corrected chi connectivity index (χ3v) is 3.52. The molecule has 0 aliphatic carbocycles. The first-order valence-corrected chi connectivity index (χ1v) is 6.72. The number of carbonyl (C=O) groups excluding carboxylic acids is 1. The zero-order valence-electron chi connectivity index (χ0n) is 12.4. The van der Waals surface area contributed by atoms with E-state index < -0.39 is 36.7 Å². The van der Waals surface area contributed by atoms with E-state index in [0.29, 0.717) is 5.70 Å². The van der Waals surface area contributed by atoms with E-state index in [4.69, 9.17) is 16.2 Å². The lowest BCUT2D eigenvalue weighted by molar-refractivity contribution is -0.129. The van der Waals surface area contributed by atoms with Crippen LogP contribution >= 0.6 is 0 Å². The van der Waals surface area contributed by atoms with E-state index >= 15 is 0 Å². The second-order valence-corrected chi connectivity index (χ2v) is 4.96. The first kappa shape index (κ1) is 18.1. The van der Waals surface area contributed by atoms with Crippen LogP contribution in [0.15, 0.2) is 36.7 Å². The lowest BCUT2D eigenvalue weighted by atomic mass is 9.93. The van der Waals surface area contributed by atoms with Crippen molar-refractivity contribution in [2.75, 3.05) is 6.61 Å². The van der Waals surface area contributed by atoms with Crippen molar-refractivity contribution in [1.29, 1.82) is 0 Å². The van der Waals surface area contributed by atoms with Crippen molar-refractivity contribution in [2.24, 2.45) is 11.5 Å². The number of halogens is 1. The van der Waals surface area contributed by atoms with Gasteiger partial charge < -0.3 is 26.4 Å². The topological polar surface area (TPSA) is 122 Å². The van der Waals surface area contributed by atoms with Gasteiger partial charge in [-0.1, -0.05) is 12.2 Å². The Morgan fingerprint density at radius 2 is 2.18 bits per heavy atom. The molecule has 0 aromatic carbocycles. The summed E-state index contributed by atoms with van der Waals surface area (Å²) in [5, 5.41) is 19.5. The fourth-order valence-electron chi connectivity index (χ4n) is 2.19. The SMILES string of the molecule is C=CC[C@]1(CO)O[C@@H](N(/C=C\C(N)=C/C)C(N)=O)[C@H](F)[C@@H]1O. The van der Waals surface area contributed by atoms with Crippen molar-refractivity contribution >= 4 is 6.03 Å². The highest BCUT2D eigenvalue weighted by Crippen LogP contribution is 2.37. The Balaban J connectivity index is 3.09. The molecule has 0 aromatic heterocycles. The molecule has 4 atom stereocenters. The number of hydrogen-bond donors (Lipinski definition) is 4. The van der Waals surface area contributed by atoms with Gasteiger partial charge in [-0.05, 0) is 19.4 Å². The summed E-state index contributed by atoms with van der Waals surface area (Å²) in [4.78, 5) is 12.3. The number of hydrogen-bond acceptors (Lipinski definition) is 5. The van der Waals surface area contributed by atoms with Crippen molar-refractivity contribution in [3.8, 4) is 0 Å². The van der Waals surface area contributed by atoms with Crippen LogP contribution in [0.3, 0.4) is 0 Å². The smallest absolute Gasteiger partial charge is 0.321 e. The number of primary amides is 1. The van der Waals surface area contributed by atoms with Crippen LogP contribution in [-0.4, -0.2) is 51.9 Å². The van der Waals surface area contributed by atoms with Gasteiger partial charge in [0.05, 0.1) is 6.61 Å². The normalized spacial score (nSPS) is 32.4. The molecule has 1 aliphatic heterocycles. The predicted octanol–water partition coefficient (Wildman–Crippen LogP) is 0.106. The van der Waals surface area contributed by atoms with Gasteiger partial charge in [-0.3, -0.25) is 4.90 Å². The molecule has 0 bridgehead atoms. The highest BCUT2D eigenvalue weighted by Gasteiger charge is 2.56. The Labute approximate surface area is 128 Å². The maximum atomic E-state index is 14.4. The quantitative estimate of drug-likeness (QED) is 0.409. The predicted molar refractivity (Wildman–Crippen MR) is 78.9 cm³/mol. The van der Waals surface area contributed by atoms with E-state index in [9.17, 15) is 19.4 Å². The molecular weight excluding hydrogens is 293 g/mol. The van der Waals surface area contributed by atoms with Crippen LogP contribution in [0.4, 0.5) is 9.18 Å². The Morgan fingerprint density at radius 3 is 2.64 bits per heavy atom.